The van der Waals surface area contributed by atoms with E-state index < -0.39 is 0 Å². The Bertz CT molecular complexity index is 641. The maximum atomic E-state index is 12.2. The first-order valence-corrected chi connectivity index (χ1v) is 6.47. The van der Waals surface area contributed by atoms with Crippen LogP contribution in [0.25, 0.3) is 0 Å². The van der Waals surface area contributed by atoms with Gasteiger partial charge in [0.1, 0.15) is 11.0 Å². The predicted molar refractivity (Wildman–Crippen MR) is 81.2 cm³/mol. The van der Waals surface area contributed by atoms with E-state index in [2.05, 4.69) is 15.7 Å². The van der Waals surface area contributed by atoms with E-state index in [4.69, 9.17) is 29.0 Å². The molecule has 4 N–H and O–H groups in total. The van der Waals surface area contributed by atoms with Gasteiger partial charge in [0.05, 0.1) is 10.7 Å². The minimum atomic E-state index is -0.345. The van der Waals surface area contributed by atoms with Crippen LogP contribution < -0.4 is 16.6 Å². The monoisotopic (exact) mass is 310 g/mol. The molecule has 1 amide bonds. The lowest BCUT2D eigenvalue weighted by molar-refractivity contribution is 0.102. The number of para-hydroxylation sites is 1. The van der Waals surface area contributed by atoms with E-state index in [9.17, 15) is 4.79 Å². The number of nitrogens with zero attached hydrogens (tertiary/aromatic N) is 1. The number of rotatable bonds is 3. The van der Waals surface area contributed by atoms with Crippen LogP contribution in [-0.4, -0.2) is 10.9 Å². The third-order valence-corrected chi connectivity index (χ3v) is 3.17. The van der Waals surface area contributed by atoms with Crippen molar-refractivity contribution in [3.8, 4) is 0 Å². The molecule has 20 heavy (non-hydrogen) atoms. The van der Waals surface area contributed by atoms with Crippen molar-refractivity contribution in [2.45, 2.75) is 6.92 Å². The van der Waals surface area contributed by atoms with Crippen LogP contribution in [0.1, 0.15) is 15.9 Å². The van der Waals surface area contributed by atoms with Crippen LogP contribution in [-0.2, 0) is 0 Å². The van der Waals surface area contributed by atoms with Crippen molar-refractivity contribution in [1.29, 1.82) is 0 Å². The molecule has 0 aliphatic heterocycles. The highest BCUT2D eigenvalue weighted by Crippen LogP contribution is 2.26. The summed E-state index contributed by atoms with van der Waals surface area (Å²) in [5.74, 6) is 5.22. The maximum Gasteiger partial charge on any atom is 0.255 e. The average molecular weight is 311 g/mol. The standard InChI is InChI=1S/C13H12Cl2N4O/c1-7-3-2-4-9(14)12(7)18-13(20)8-5-10(15)17-11(6-8)19-16/h2-6H,16H2,1H3,(H,17,19)(H,18,20). The van der Waals surface area contributed by atoms with E-state index in [1.54, 1.807) is 6.07 Å². The number of aromatic nitrogens is 1. The SMILES string of the molecule is Cc1cccc(Cl)c1NC(=O)c1cc(Cl)nc(NN)c1. The van der Waals surface area contributed by atoms with Crippen LogP contribution in [0.3, 0.4) is 0 Å². The van der Waals surface area contributed by atoms with E-state index in [-0.39, 0.29) is 11.1 Å². The third kappa shape index (κ3) is 3.19. The normalized spacial score (nSPS) is 10.2. The van der Waals surface area contributed by atoms with E-state index in [1.807, 2.05) is 19.1 Å². The van der Waals surface area contributed by atoms with E-state index in [1.165, 1.54) is 12.1 Å². The second-order valence-corrected chi connectivity index (χ2v) is 4.89. The molecule has 0 spiro atoms. The highest BCUT2D eigenvalue weighted by molar-refractivity contribution is 6.34. The molecule has 104 valence electrons. The third-order valence-electron chi connectivity index (χ3n) is 2.66. The predicted octanol–water partition coefficient (Wildman–Crippen LogP) is 3.23. The fourth-order valence-electron chi connectivity index (χ4n) is 1.68. The molecule has 0 radical (unpaired) electrons. The van der Waals surface area contributed by atoms with Crippen LogP contribution >= 0.6 is 23.2 Å². The van der Waals surface area contributed by atoms with Crippen LogP contribution in [0.15, 0.2) is 30.3 Å². The van der Waals surface area contributed by atoms with E-state index in [0.717, 1.165) is 5.56 Å². The Kier molecular flexibility index (Phi) is 4.44. The van der Waals surface area contributed by atoms with Crippen LogP contribution in [0.2, 0.25) is 10.2 Å². The number of carbonyl (C=O) groups is 1. The summed E-state index contributed by atoms with van der Waals surface area (Å²) in [5, 5.41) is 3.38. The Balaban J connectivity index is 2.31. The number of nitrogens with two attached hydrogens (primary N) is 1. The zero-order valence-corrected chi connectivity index (χ0v) is 12.1. The number of nitrogens with one attached hydrogen (secondary N) is 2. The Labute approximate surface area is 126 Å². The number of amides is 1. The molecule has 0 fully saturated rings. The molecule has 0 saturated heterocycles. The summed E-state index contributed by atoms with van der Waals surface area (Å²) >= 11 is 11.9. The highest BCUT2D eigenvalue weighted by atomic mass is 35.5. The summed E-state index contributed by atoms with van der Waals surface area (Å²) in [7, 11) is 0. The molecular formula is C13H12Cl2N4O. The first-order chi connectivity index (χ1) is 9.51. The fraction of sp³-hybridized carbons (Fsp3) is 0.0769. The molecule has 0 bridgehead atoms. The molecule has 1 aromatic carbocycles. The molecule has 1 aromatic heterocycles. The van der Waals surface area contributed by atoms with Gasteiger partial charge in [0.25, 0.3) is 5.91 Å². The molecule has 2 rings (SSSR count). The zero-order valence-electron chi connectivity index (χ0n) is 10.6. The molecular weight excluding hydrogens is 299 g/mol. The van der Waals surface area contributed by atoms with Gasteiger partial charge in [0, 0.05) is 5.56 Å². The quantitative estimate of drug-likeness (QED) is 0.462. The fourth-order valence-corrected chi connectivity index (χ4v) is 2.16. The Hall–Kier alpha value is -1.82. The van der Waals surface area contributed by atoms with Gasteiger partial charge in [0.15, 0.2) is 0 Å². The lowest BCUT2D eigenvalue weighted by Crippen LogP contribution is -2.15. The Morgan fingerprint density at radius 1 is 1.30 bits per heavy atom. The zero-order chi connectivity index (χ0) is 14.7. The first-order valence-electron chi connectivity index (χ1n) is 5.72. The summed E-state index contributed by atoms with van der Waals surface area (Å²) in [4.78, 5) is 16.1. The van der Waals surface area contributed by atoms with Gasteiger partial charge in [-0.2, -0.15) is 0 Å². The van der Waals surface area contributed by atoms with Gasteiger partial charge in [-0.15, -0.1) is 0 Å². The van der Waals surface area contributed by atoms with E-state index in [0.29, 0.717) is 22.1 Å². The summed E-state index contributed by atoms with van der Waals surface area (Å²) in [5.41, 5.74) is 4.11. The van der Waals surface area contributed by atoms with E-state index >= 15 is 0 Å². The molecule has 0 aliphatic rings. The second-order valence-electron chi connectivity index (χ2n) is 4.09. The van der Waals surface area contributed by atoms with Gasteiger partial charge < -0.3 is 10.7 Å². The molecule has 5 nitrogen and oxygen atoms in total. The highest BCUT2D eigenvalue weighted by Gasteiger charge is 2.12. The minimum absolute atomic E-state index is 0.168. The van der Waals surface area contributed by atoms with Crippen molar-refractivity contribution >= 4 is 40.6 Å². The van der Waals surface area contributed by atoms with Gasteiger partial charge in [-0.3, -0.25) is 4.79 Å². The second kappa shape index (κ2) is 6.09. The minimum Gasteiger partial charge on any atom is -0.320 e. The van der Waals surface area contributed by atoms with Crippen molar-refractivity contribution < 1.29 is 4.79 Å². The van der Waals surface area contributed by atoms with Crippen LogP contribution in [0, 0.1) is 6.92 Å². The number of halogens is 2. The molecule has 1 heterocycles. The first kappa shape index (κ1) is 14.6. The van der Waals surface area contributed by atoms with Crippen LogP contribution in [0.4, 0.5) is 11.5 Å². The molecule has 0 saturated carbocycles. The smallest absolute Gasteiger partial charge is 0.255 e. The largest absolute Gasteiger partial charge is 0.320 e. The molecule has 0 unspecified atom stereocenters. The number of nitrogen functional groups attached to an aromatic ring is 1. The number of anilines is 2. The van der Waals surface area contributed by atoms with Gasteiger partial charge in [-0.25, -0.2) is 10.8 Å². The molecule has 7 heteroatoms. The van der Waals surface area contributed by atoms with Crippen LogP contribution in [0.5, 0.6) is 0 Å². The van der Waals surface area contributed by atoms with Crippen molar-refractivity contribution in [2.24, 2.45) is 5.84 Å². The molecule has 0 aliphatic carbocycles. The Morgan fingerprint density at radius 2 is 2.05 bits per heavy atom. The number of pyridine rings is 1. The number of hydrogen-bond donors (Lipinski definition) is 3. The molecule has 2 aromatic rings. The summed E-state index contributed by atoms with van der Waals surface area (Å²) in [6, 6.07) is 8.31. The molecule has 0 atom stereocenters. The maximum absolute atomic E-state index is 12.2. The average Bonchev–Trinajstić information content (AvgIpc) is 2.42. The summed E-state index contributed by atoms with van der Waals surface area (Å²) in [6.45, 7) is 1.86. The van der Waals surface area contributed by atoms with Crippen molar-refractivity contribution in [2.75, 3.05) is 10.7 Å². The van der Waals surface area contributed by atoms with Gasteiger partial charge in [-0.1, -0.05) is 35.3 Å². The van der Waals surface area contributed by atoms with Gasteiger partial charge >= 0.3 is 0 Å². The number of carbonyl (C=O) groups excluding carboxylic acids is 1. The number of benzene rings is 1. The van der Waals surface area contributed by atoms with Gasteiger partial charge in [-0.05, 0) is 30.7 Å². The number of hydrazine groups is 1. The van der Waals surface area contributed by atoms with Gasteiger partial charge in [0.2, 0.25) is 0 Å². The lowest BCUT2D eigenvalue weighted by Gasteiger charge is -2.11. The number of hydrogen-bond acceptors (Lipinski definition) is 4. The van der Waals surface area contributed by atoms with Crippen molar-refractivity contribution in [3.05, 3.63) is 51.6 Å². The summed E-state index contributed by atoms with van der Waals surface area (Å²) in [6.07, 6.45) is 0. The Morgan fingerprint density at radius 3 is 2.70 bits per heavy atom. The van der Waals surface area contributed by atoms with Crippen molar-refractivity contribution in [1.82, 2.24) is 4.98 Å². The topological polar surface area (TPSA) is 80.0 Å². The summed E-state index contributed by atoms with van der Waals surface area (Å²) < 4.78 is 0. The number of aryl methyl sites for hydroxylation is 1. The lowest BCUT2D eigenvalue weighted by atomic mass is 10.2. The van der Waals surface area contributed by atoms with Crippen molar-refractivity contribution in [3.63, 3.8) is 0 Å².